The quantitative estimate of drug-likeness (QED) is 0.837. The minimum Gasteiger partial charge on any atom is -0.312 e. The summed E-state index contributed by atoms with van der Waals surface area (Å²) >= 11 is 11.4. The Morgan fingerprint density at radius 3 is 2.82 bits per heavy atom. The maximum Gasteiger partial charge on any atom is 0.0503 e. The molecule has 2 aromatic rings. The molecule has 1 nitrogen and oxygen atoms in total. The van der Waals surface area contributed by atoms with Crippen LogP contribution in [0.1, 0.15) is 11.8 Å². The molecule has 0 atom stereocenters. The first-order valence-corrected chi connectivity index (χ1v) is 7.44. The van der Waals surface area contributed by atoms with Crippen molar-refractivity contribution in [3.8, 4) is 10.4 Å². The van der Waals surface area contributed by atoms with Crippen LogP contribution in [-0.4, -0.2) is 6.54 Å². The molecule has 0 aliphatic carbocycles. The molecule has 17 heavy (non-hydrogen) atoms. The van der Waals surface area contributed by atoms with Gasteiger partial charge in [0, 0.05) is 26.3 Å². The predicted octanol–water partition coefficient (Wildman–Crippen LogP) is 4.94. The van der Waals surface area contributed by atoms with Gasteiger partial charge in [-0.25, -0.2) is 0 Å². The van der Waals surface area contributed by atoms with Crippen molar-refractivity contribution < 1.29 is 0 Å². The highest BCUT2D eigenvalue weighted by molar-refractivity contribution is 9.10. The Balaban J connectivity index is 2.24. The lowest BCUT2D eigenvalue weighted by Gasteiger charge is -2.01. The Bertz CT molecular complexity index is 510. The third-order valence-corrected chi connectivity index (χ3v) is 4.33. The lowest BCUT2D eigenvalue weighted by atomic mass is 10.2. The number of nitrogens with one attached hydrogen (secondary N) is 1. The summed E-state index contributed by atoms with van der Waals surface area (Å²) < 4.78 is 1.01. The summed E-state index contributed by atoms with van der Waals surface area (Å²) in [6, 6.07) is 10.3. The standard InChI is InChI=1S/C13H13BrClNS/c1-2-16-8-10-4-6-13(17-10)11-5-3-9(14)7-12(11)15/h3-7,16H,2,8H2,1H3. The predicted molar refractivity (Wildman–Crippen MR) is 79.8 cm³/mol. The van der Waals surface area contributed by atoms with Crippen LogP contribution in [0.2, 0.25) is 5.02 Å². The zero-order valence-electron chi connectivity index (χ0n) is 9.47. The largest absolute Gasteiger partial charge is 0.312 e. The van der Waals surface area contributed by atoms with E-state index in [4.69, 9.17) is 11.6 Å². The zero-order chi connectivity index (χ0) is 12.3. The summed E-state index contributed by atoms with van der Waals surface area (Å²) in [7, 11) is 0. The Labute approximate surface area is 119 Å². The van der Waals surface area contributed by atoms with Gasteiger partial charge >= 0.3 is 0 Å². The molecule has 0 unspecified atom stereocenters. The topological polar surface area (TPSA) is 12.0 Å². The molecule has 0 aliphatic rings. The molecule has 1 aromatic heterocycles. The van der Waals surface area contributed by atoms with E-state index in [2.05, 4.69) is 46.4 Å². The van der Waals surface area contributed by atoms with Crippen molar-refractivity contribution in [1.29, 1.82) is 0 Å². The average molecular weight is 331 g/mol. The van der Waals surface area contributed by atoms with Crippen LogP contribution in [0.4, 0.5) is 0 Å². The van der Waals surface area contributed by atoms with Crippen molar-refractivity contribution in [3.63, 3.8) is 0 Å². The van der Waals surface area contributed by atoms with E-state index in [-0.39, 0.29) is 0 Å². The van der Waals surface area contributed by atoms with E-state index >= 15 is 0 Å². The zero-order valence-corrected chi connectivity index (χ0v) is 12.6. The van der Waals surface area contributed by atoms with Crippen molar-refractivity contribution >= 4 is 38.9 Å². The molecular weight excluding hydrogens is 318 g/mol. The molecule has 2 rings (SSSR count). The van der Waals surface area contributed by atoms with E-state index < -0.39 is 0 Å². The molecular formula is C13H13BrClNS. The van der Waals surface area contributed by atoms with Crippen molar-refractivity contribution in [3.05, 3.63) is 44.7 Å². The van der Waals surface area contributed by atoms with Gasteiger partial charge in [0.1, 0.15) is 0 Å². The first-order chi connectivity index (χ1) is 8.20. The Kier molecular flexibility index (Phi) is 4.62. The molecule has 0 aliphatic heterocycles. The van der Waals surface area contributed by atoms with Gasteiger partial charge in [0.2, 0.25) is 0 Å². The van der Waals surface area contributed by atoms with Gasteiger partial charge < -0.3 is 5.32 Å². The van der Waals surface area contributed by atoms with Crippen molar-refractivity contribution in [1.82, 2.24) is 5.32 Å². The Morgan fingerprint density at radius 1 is 1.29 bits per heavy atom. The van der Waals surface area contributed by atoms with Crippen molar-refractivity contribution in [2.24, 2.45) is 0 Å². The average Bonchev–Trinajstić information content (AvgIpc) is 2.75. The molecule has 0 radical (unpaired) electrons. The van der Waals surface area contributed by atoms with Gasteiger partial charge in [0.15, 0.2) is 0 Å². The normalized spacial score (nSPS) is 10.8. The molecule has 0 saturated carbocycles. The highest BCUT2D eigenvalue weighted by Gasteiger charge is 2.07. The number of hydrogen-bond donors (Lipinski definition) is 1. The molecule has 0 amide bonds. The minimum absolute atomic E-state index is 0.788. The molecule has 1 aromatic carbocycles. The van der Waals surface area contributed by atoms with Crippen LogP contribution >= 0.6 is 38.9 Å². The van der Waals surface area contributed by atoms with Crippen LogP contribution in [0.5, 0.6) is 0 Å². The lowest BCUT2D eigenvalue weighted by Crippen LogP contribution is -2.10. The van der Waals surface area contributed by atoms with E-state index in [1.54, 1.807) is 11.3 Å². The summed E-state index contributed by atoms with van der Waals surface area (Å²) in [6.07, 6.45) is 0. The van der Waals surface area contributed by atoms with Gasteiger partial charge in [-0.3, -0.25) is 0 Å². The monoisotopic (exact) mass is 329 g/mol. The molecule has 1 N–H and O–H groups in total. The fraction of sp³-hybridized carbons (Fsp3) is 0.231. The van der Waals surface area contributed by atoms with Gasteiger partial charge in [-0.1, -0.05) is 40.5 Å². The number of hydrogen-bond acceptors (Lipinski definition) is 2. The Morgan fingerprint density at radius 2 is 2.12 bits per heavy atom. The molecule has 0 saturated heterocycles. The summed E-state index contributed by atoms with van der Waals surface area (Å²) in [5.41, 5.74) is 1.10. The maximum atomic E-state index is 6.24. The number of benzene rings is 1. The van der Waals surface area contributed by atoms with Crippen LogP contribution in [-0.2, 0) is 6.54 Å². The van der Waals surface area contributed by atoms with E-state index in [1.807, 2.05) is 12.1 Å². The number of thiophene rings is 1. The summed E-state index contributed by atoms with van der Waals surface area (Å²) in [5, 5.41) is 4.11. The van der Waals surface area contributed by atoms with Crippen LogP contribution < -0.4 is 5.32 Å². The first-order valence-electron chi connectivity index (χ1n) is 5.45. The first kappa shape index (κ1) is 13.1. The Hall–Kier alpha value is -0.350. The summed E-state index contributed by atoms with van der Waals surface area (Å²) in [5.74, 6) is 0. The van der Waals surface area contributed by atoms with Crippen LogP contribution in [0.25, 0.3) is 10.4 Å². The van der Waals surface area contributed by atoms with Crippen molar-refractivity contribution in [2.75, 3.05) is 6.54 Å². The smallest absolute Gasteiger partial charge is 0.0503 e. The van der Waals surface area contributed by atoms with E-state index in [9.17, 15) is 0 Å². The second kappa shape index (κ2) is 6.01. The second-order valence-corrected chi connectivity index (χ2v) is 6.16. The minimum atomic E-state index is 0.788. The van der Waals surface area contributed by atoms with Gasteiger partial charge in [0.05, 0.1) is 5.02 Å². The fourth-order valence-corrected chi connectivity index (χ4v) is 3.40. The lowest BCUT2D eigenvalue weighted by molar-refractivity contribution is 0.735. The highest BCUT2D eigenvalue weighted by atomic mass is 79.9. The molecule has 4 heteroatoms. The SMILES string of the molecule is CCNCc1ccc(-c2ccc(Br)cc2Cl)s1. The molecule has 1 heterocycles. The fourth-order valence-electron chi connectivity index (χ4n) is 1.56. The van der Waals surface area contributed by atoms with Gasteiger partial charge in [-0.05, 0) is 30.8 Å². The molecule has 90 valence electrons. The van der Waals surface area contributed by atoms with Gasteiger partial charge in [0.25, 0.3) is 0 Å². The van der Waals surface area contributed by atoms with Crippen LogP contribution in [0.15, 0.2) is 34.8 Å². The van der Waals surface area contributed by atoms with Gasteiger partial charge in [-0.2, -0.15) is 0 Å². The van der Waals surface area contributed by atoms with E-state index in [0.29, 0.717) is 0 Å². The van der Waals surface area contributed by atoms with Crippen LogP contribution in [0, 0.1) is 0 Å². The van der Waals surface area contributed by atoms with E-state index in [1.165, 1.54) is 9.75 Å². The highest BCUT2D eigenvalue weighted by Crippen LogP contribution is 2.34. The third-order valence-electron chi connectivity index (χ3n) is 2.41. The summed E-state index contributed by atoms with van der Waals surface area (Å²) in [6.45, 7) is 4.03. The van der Waals surface area contributed by atoms with Crippen LogP contribution in [0.3, 0.4) is 0 Å². The molecule has 0 fully saturated rings. The molecule has 0 spiro atoms. The number of halogens is 2. The van der Waals surface area contributed by atoms with Gasteiger partial charge in [-0.15, -0.1) is 11.3 Å². The van der Waals surface area contributed by atoms with E-state index in [0.717, 1.165) is 28.1 Å². The van der Waals surface area contributed by atoms with Crippen molar-refractivity contribution in [2.45, 2.75) is 13.5 Å². The molecule has 0 bridgehead atoms. The second-order valence-electron chi connectivity index (χ2n) is 3.67. The summed E-state index contributed by atoms with van der Waals surface area (Å²) in [4.78, 5) is 2.55. The number of rotatable bonds is 4. The third kappa shape index (κ3) is 3.32. The maximum absolute atomic E-state index is 6.24.